The van der Waals surface area contributed by atoms with Crippen molar-refractivity contribution in [3.8, 4) is 23.0 Å². The third kappa shape index (κ3) is 3.56. The molecule has 0 aliphatic rings. The highest BCUT2D eigenvalue weighted by Crippen LogP contribution is 2.29. The van der Waals surface area contributed by atoms with E-state index in [0.29, 0.717) is 30.8 Å². The number of benzene rings is 1. The van der Waals surface area contributed by atoms with Crippen LogP contribution in [-0.2, 0) is 0 Å². The molecule has 126 valence electrons. The van der Waals surface area contributed by atoms with Crippen LogP contribution in [0.1, 0.15) is 22.7 Å². The van der Waals surface area contributed by atoms with Crippen LogP contribution in [0.5, 0.6) is 11.6 Å². The van der Waals surface area contributed by atoms with Crippen LogP contribution in [-0.4, -0.2) is 33.6 Å². The summed E-state index contributed by atoms with van der Waals surface area (Å²) in [5, 5.41) is 10.8. The second-order valence-electron chi connectivity index (χ2n) is 5.66. The molecule has 0 saturated heterocycles. The van der Waals surface area contributed by atoms with Crippen LogP contribution >= 0.6 is 0 Å². The van der Waals surface area contributed by atoms with Crippen molar-refractivity contribution in [2.75, 3.05) is 13.2 Å². The summed E-state index contributed by atoms with van der Waals surface area (Å²) >= 11 is 0. The summed E-state index contributed by atoms with van der Waals surface area (Å²) in [7, 11) is 0. The van der Waals surface area contributed by atoms with Crippen molar-refractivity contribution in [1.29, 1.82) is 0 Å². The molecule has 0 spiro atoms. The lowest BCUT2D eigenvalue weighted by atomic mass is 10.1. The van der Waals surface area contributed by atoms with Gasteiger partial charge in [-0.2, -0.15) is 4.98 Å². The molecule has 0 amide bonds. The van der Waals surface area contributed by atoms with Crippen LogP contribution in [0.15, 0.2) is 22.7 Å². The lowest BCUT2D eigenvalue weighted by Gasteiger charge is -2.13. The van der Waals surface area contributed by atoms with Crippen LogP contribution in [0.4, 0.5) is 0 Å². The van der Waals surface area contributed by atoms with Crippen LogP contribution in [0.25, 0.3) is 11.4 Å². The zero-order chi connectivity index (χ0) is 17.1. The zero-order valence-corrected chi connectivity index (χ0v) is 14.2. The molecule has 0 unspecified atom stereocenters. The molecule has 3 rings (SSSR count). The summed E-state index contributed by atoms with van der Waals surface area (Å²) in [6.45, 7) is 8.56. The first-order valence-electron chi connectivity index (χ1n) is 7.72. The molecule has 0 bridgehead atoms. The number of aromatic amines is 1. The maximum absolute atomic E-state index is 5.86. The van der Waals surface area contributed by atoms with Gasteiger partial charge in [-0.15, -0.1) is 5.10 Å². The van der Waals surface area contributed by atoms with Gasteiger partial charge in [-0.25, -0.2) is 0 Å². The Labute approximate surface area is 140 Å². The van der Waals surface area contributed by atoms with Crippen molar-refractivity contribution in [3.05, 3.63) is 40.9 Å². The molecule has 7 heteroatoms. The van der Waals surface area contributed by atoms with E-state index in [2.05, 4.69) is 20.3 Å². The lowest BCUT2D eigenvalue weighted by Crippen LogP contribution is -2.10. The fraction of sp³-hybridized carbons (Fsp3) is 0.353. The molecular weight excluding hydrogens is 308 g/mol. The van der Waals surface area contributed by atoms with Crippen molar-refractivity contribution in [2.24, 2.45) is 0 Å². The number of aromatic nitrogens is 4. The average molecular weight is 328 g/mol. The Balaban J connectivity index is 1.63. The Bertz CT molecular complexity index is 815. The molecule has 24 heavy (non-hydrogen) atoms. The SMILES string of the molecule is Cc1cc(OCCOc2c(C)cc(-c3noc(C)n3)cc2C)n[nH]1. The van der Waals surface area contributed by atoms with E-state index in [4.69, 9.17) is 14.0 Å². The average Bonchev–Trinajstić information content (AvgIpc) is 3.14. The van der Waals surface area contributed by atoms with Gasteiger partial charge in [0, 0.05) is 24.2 Å². The third-order valence-electron chi connectivity index (χ3n) is 3.51. The first-order chi connectivity index (χ1) is 11.5. The van der Waals surface area contributed by atoms with Gasteiger partial charge >= 0.3 is 0 Å². The Morgan fingerprint density at radius 2 is 1.71 bits per heavy atom. The Kier molecular flexibility index (Phi) is 4.50. The molecule has 0 atom stereocenters. The maximum Gasteiger partial charge on any atom is 0.232 e. The minimum atomic E-state index is 0.426. The molecule has 3 aromatic rings. The standard InChI is InChI=1S/C17H20N4O3/c1-10-7-14(17-18-13(4)24-21-17)8-11(2)16(10)23-6-5-22-15-9-12(3)19-20-15/h7-9H,5-6H2,1-4H3,(H,19,20). The number of nitrogens with one attached hydrogen (secondary N) is 1. The number of hydrogen-bond acceptors (Lipinski definition) is 6. The second-order valence-corrected chi connectivity index (χ2v) is 5.66. The molecule has 0 radical (unpaired) electrons. The smallest absolute Gasteiger partial charge is 0.232 e. The van der Waals surface area contributed by atoms with E-state index in [1.54, 1.807) is 6.92 Å². The first kappa shape index (κ1) is 16.0. The Hall–Kier alpha value is -2.83. The number of rotatable bonds is 6. The van der Waals surface area contributed by atoms with Crippen molar-refractivity contribution in [2.45, 2.75) is 27.7 Å². The van der Waals surface area contributed by atoms with Gasteiger partial charge in [0.05, 0.1) is 0 Å². The van der Waals surface area contributed by atoms with Crippen LogP contribution in [0, 0.1) is 27.7 Å². The molecule has 0 aliphatic carbocycles. The number of hydrogen-bond donors (Lipinski definition) is 1. The predicted octanol–water partition coefficient (Wildman–Crippen LogP) is 3.15. The summed E-state index contributed by atoms with van der Waals surface area (Å²) in [4.78, 5) is 4.26. The minimum Gasteiger partial charge on any atom is -0.489 e. The molecule has 0 saturated carbocycles. The maximum atomic E-state index is 5.86. The van der Waals surface area contributed by atoms with E-state index in [1.807, 2.05) is 39.0 Å². The number of ether oxygens (including phenoxy) is 2. The summed E-state index contributed by atoms with van der Waals surface area (Å²) in [6, 6.07) is 5.83. The van der Waals surface area contributed by atoms with Crippen molar-refractivity contribution >= 4 is 0 Å². The molecule has 7 nitrogen and oxygen atoms in total. The van der Waals surface area contributed by atoms with E-state index >= 15 is 0 Å². The predicted molar refractivity (Wildman–Crippen MR) is 88.3 cm³/mol. The molecule has 0 fully saturated rings. The van der Waals surface area contributed by atoms with E-state index in [-0.39, 0.29) is 0 Å². The molecule has 2 heterocycles. The fourth-order valence-corrected chi connectivity index (χ4v) is 2.48. The van der Waals surface area contributed by atoms with Crippen LogP contribution in [0.2, 0.25) is 0 Å². The van der Waals surface area contributed by atoms with Gasteiger partial charge in [0.15, 0.2) is 0 Å². The molecule has 1 N–H and O–H groups in total. The third-order valence-corrected chi connectivity index (χ3v) is 3.51. The van der Waals surface area contributed by atoms with Crippen molar-refractivity contribution in [3.63, 3.8) is 0 Å². The quantitative estimate of drug-likeness (QED) is 0.700. The molecule has 1 aromatic carbocycles. The monoisotopic (exact) mass is 328 g/mol. The first-order valence-corrected chi connectivity index (χ1v) is 7.72. The normalized spacial score (nSPS) is 10.8. The summed E-state index contributed by atoms with van der Waals surface area (Å²) < 4.78 is 16.4. The van der Waals surface area contributed by atoms with Crippen molar-refractivity contribution < 1.29 is 14.0 Å². The van der Waals surface area contributed by atoms with Gasteiger partial charge < -0.3 is 14.0 Å². The zero-order valence-electron chi connectivity index (χ0n) is 14.2. The van der Waals surface area contributed by atoms with Gasteiger partial charge in [-0.3, -0.25) is 5.10 Å². The number of H-pyrrole nitrogens is 1. The van der Waals surface area contributed by atoms with E-state index < -0.39 is 0 Å². The number of aryl methyl sites for hydroxylation is 4. The van der Waals surface area contributed by atoms with Crippen molar-refractivity contribution in [1.82, 2.24) is 20.3 Å². The largest absolute Gasteiger partial charge is 0.489 e. The Morgan fingerprint density at radius 1 is 1.00 bits per heavy atom. The summed E-state index contributed by atoms with van der Waals surface area (Å²) in [5.74, 6) is 2.56. The fourth-order valence-electron chi connectivity index (χ4n) is 2.48. The van der Waals surface area contributed by atoms with Gasteiger partial charge in [-0.05, 0) is 44.0 Å². The van der Waals surface area contributed by atoms with E-state index in [0.717, 1.165) is 28.1 Å². The van der Waals surface area contributed by atoms with E-state index in [9.17, 15) is 0 Å². The summed E-state index contributed by atoms with van der Waals surface area (Å²) in [6.07, 6.45) is 0. The van der Waals surface area contributed by atoms with Gasteiger partial charge in [0.25, 0.3) is 0 Å². The highest BCUT2D eigenvalue weighted by Gasteiger charge is 2.11. The highest BCUT2D eigenvalue weighted by molar-refractivity contribution is 5.60. The Morgan fingerprint density at radius 3 is 2.29 bits per heavy atom. The van der Waals surface area contributed by atoms with E-state index in [1.165, 1.54) is 0 Å². The minimum absolute atomic E-state index is 0.426. The molecule has 0 aliphatic heterocycles. The lowest BCUT2D eigenvalue weighted by molar-refractivity contribution is 0.210. The van der Waals surface area contributed by atoms with Crippen LogP contribution < -0.4 is 9.47 Å². The van der Waals surface area contributed by atoms with Gasteiger partial charge in [-0.1, -0.05) is 5.16 Å². The summed E-state index contributed by atoms with van der Waals surface area (Å²) in [5.41, 5.74) is 3.91. The topological polar surface area (TPSA) is 86.1 Å². The molecule has 2 aromatic heterocycles. The highest BCUT2D eigenvalue weighted by atomic mass is 16.5. The number of nitrogens with zero attached hydrogens (tertiary/aromatic N) is 3. The van der Waals surface area contributed by atoms with Gasteiger partial charge in [0.2, 0.25) is 17.6 Å². The van der Waals surface area contributed by atoms with Crippen LogP contribution in [0.3, 0.4) is 0 Å². The molecular formula is C17H20N4O3. The second kappa shape index (κ2) is 6.74. The van der Waals surface area contributed by atoms with Gasteiger partial charge in [0.1, 0.15) is 19.0 Å².